The summed E-state index contributed by atoms with van der Waals surface area (Å²) in [5.41, 5.74) is -1.51. The maximum atomic E-state index is 13.4. The lowest BCUT2D eigenvalue weighted by molar-refractivity contribution is -0.163. The van der Waals surface area contributed by atoms with E-state index in [1.165, 1.54) is 10.6 Å². The Balaban J connectivity index is 2.30. The van der Waals surface area contributed by atoms with E-state index in [1.807, 2.05) is 0 Å². The minimum Gasteiger partial charge on any atom is -0.296 e. The molecular weight excluding hydrogens is 356 g/mol. The number of fused-ring (bicyclic) bond motifs is 2. The Morgan fingerprint density at radius 2 is 2.05 bits per heavy atom. The van der Waals surface area contributed by atoms with Crippen LogP contribution in [0.15, 0.2) is 15.3 Å². The van der Waals surface area contributed by atoms with Gasteiger partial charge in [0.2, 0.25) is 0 Å². The summed E-state index contributed by atoms with van der Waals surface area (Å²) in [6.45, 7) is 1.76. The number of hydrogen-bond acceptors (Lipinski definition) is 2. The molecule has 0 amide bonds. The maximum Gasteiger partial charge on any atom is 0.266 e. The molecule has 0 saturated heterocycles. The number of rotatable bonds is 1. The van der Waals surface area contributed by atoms with Crippen molar-refractivity contribution in [2.24, 2.45) is 5.92 Å². The van der Waals surface area contributed by atoms with Gasteiger partial charge in [-0.3, -0.25) is 14.2 Å². The van der Waals surface area contributed by atoms with Crippen molar-refractivity contribution in [3.8, 4) is 0 Å². The number of Topliss-reactive ketones (excluding diaryl/α,β-unsaturated/α-hetero) is 1. The van der Waals surface area contributed by atoms with Crippen LogP contribution in [-0.4, -0.2) is 16.3 Å². The van der Waals surface area contributed by atoms with Crippen molar-refractivity contribution < 1.29 is 13.6 Å². The van der Waals surface area contributed by atoms with Crippen LogP contribution in [-0.2, 0) is 5.54 Å². The van der Waals surface area contributed by atoms with Crippen LogP contribution in [0.3, 0.4) is 0 Å². The van der Waals surface area contributed by atoms with Crippen molar-refractivity contribution >= 4 is 33.3 Å². The van der Waals surface area contributed by atoms with Crippen LogP contribution in [0.5, 0.6) is 0 Å². The third-order valence-electron chi connectivity index (χ3n) is 4.29. The number of pyridine rings is 1. The van der Waals surface area contributed by atoms with Gasteiger partial charge in [0, 0.05) is 18.8 Å². The summed E-state index contributed by atoms with van der Waals surface area (Å²) in [5, 5.41) is 0.131. The van der Waals surface area contributed by atoms with E-state index < -0.39 is 35.8 Å². The normalized spacial score (nSPS) is 25.6. The van der Waals surface area contributed by atoms with E-state index in [2.05, 4.69) is 15.9 Å². The summed E-state index contributed by atoms with van der Waals surface area (Å²) >= 11 is 9.12. The molecule has 1 aliphatic carbocycles. The monoisotopic (exact) mass is 365 g/mol. The van der Waals surface area contributed by atoms with Gasteiger partial charge in [-0.05, 0) is 28.4 Å². The Morgan fingerprint density at radius 3 is 2.55 bits per heavy atom. The first-order valence-corrected chi connectivity index (χ1v) is 7.44. The molecule has 3 nitrogen and oxygen atoms in total. The molecule has 1 spiro atoms. The molecule has 1 aromatic heterocycles. The van der Waals surface area contributed by atoms with Crippen molar-refractivity contribution in [1.82, 2.24) is 4.57 Å². The molecule has 3 rings (SSSR count). The van der Waals surface area contributed by atoms with E-state index in [-0.39, 0.29) is 21.0 Å². The van der Waals surface area contributed by atoms with E-state index in [4.69, 9.17) is 11.6 Å². The summed E-state index contributed by atoms with van der Waals surface area (Å²) in [6, 6.07) is 1.36. The van der Waals surface area contributed by atoms with Crippen LogP contribution in [0, 0.1) is 5.92 Å². The molecule has 1 aliphatic heterocycles. The molecule has 2 aliphatic rings. The summed E-state index contributed by atoms with van der Waals surface area (Å²) in [6.07, 6.45) is -0.558. The number of hydrogen-bond donors (Lipinski definition) is 0. The number of ketones is 1. The van der Waals surface area contributed by atoms with Gasteiger partial charge >= 0.3 is 0 Å². The molecule has 0 aromatic carbocycles. The molecule has 1 atom stereocenters. The third-order valence-corrected chi connectivity index (χ3v) is 5.15. The Bertz CT molecular complexity index is 678. The number of nitrogens with zero attached hydrogens (tertiary/aromatic N) is 1. The highest BCUT2D eigenvalue weighted by atomic mass is 79.9. The SMILES string of the molecule is CCC1C(=O)c2c(Cl)cc(Br)c(=O)n2C12CC(F)(F)C2. The van der Waals surface area contributed by atoms with Crippen molar-refractivity contribution in [3.63, 3.8) is 0 Å². The van der Waals surface area contributed by atoms with E-state index in [0.717, 1.165) is 0 Å². The zero-order chi connectivity index (χ0) is 14.9. The second kappa shape index (κ2) is 4.13. The second-order valence-electron chi connectivity index (χ2n) is 5.47. The molecule has 7 heteroatoms. The predicted molar refractivity (Wildman–Crippen MR) is 73.7 cm³/mol. The van der Waals surface area contributed by atoms with E-state index in [1.54, 1.807) is 6.92 Å². The Hall–Kier alpha value is -0.750. The maximum absolute atomic E-state index is 13.4. The summed E-state index contributed by atoms with van der Waals surface area (Å²) in [5.74, 6) is -3.75. The van der Waals surface area contributed by atoms with E-state index in [9.17, 15) is 18.4 Å². The standard InChI is InChI=1S/C13H11BrClF2NO2/c1-2-6-10(19)9-8(15)3-7(14)11(20)18(9)12(6)4-13(16,17)5-12/h3,6H,2,4-5H2,1H3. The van der Waals surface area contributed by atoms with E-state index in [0.29, 0.717) is 6.42 Å². The fourth-order valence-electron chi connectivity index (χ4n) is 3.59. The number of carbonyl (C=O) groups excluding carboxylic acids is 1. The quantitative estimate of drug-likeness (QED) is 0.761. The van der Waals surface area contributed by atoms with Crippen LogP contribution in [0.25, 0.3) is 0 Å². The molecule has 2 heterocycles. The van der Waals surface area contributed by atoms with Gasteiger partial charge in [-0.1, -0.05) is 18.5 Å². The zero-order valence-electron chi connectivity index (χ0n) is 10.6. The molecule has 1 aromatic rings. The number of halogens is 4. The van der Waals surface area contributed by atoms with Crippen LogP contribution < -0.4 is 5.56 Å². The van der Waals surface area contributed by atoms with Crippen LogP contribution in [0.4, 0.5) is 8.78 Å². The Kier molecular flexibility index (Phi) is 2.93. The molecule has 20 heavy (non-hydrogen) atoms. The van der Waals surface area contributed by atoms with Crippen molar-refractivity contribution in [2.75, 3.05) is 0 Å². The molecule has 0 bridgehead atoms. The van der Waals surface area contributed by atoms with Crippen LogP contribution >= 0.6 is 27.5 Å². The molecule has 0 N–H and O–H groups in total. The van der Waals surface area contributed by atoms with Gasteiger partial charge in [0.25, 0.3) is 11.5 Å². The van der Waals surface area contributed by atoms with Gasteiger partial charge in [-0.2, -0.15) is 0 Å². The molecule has 1 unspecified atom stereocenters. The average Bonchev–Trinajstić information content (AvgIpc) is 2.54. The van der Waals surface area contributed by atoms with Gasteiger partial charge in [0.15, 0.2) is 5.78 Å². The zero-order valence-corrected chi connectivity index (χ0v) is 12.9. The van der Waals surface area contributed by atoms with Gasteiger partial charge < -0.3 is 0 Å². The number of carbonyl (C=O) groups is 1. The average molecular weight is 367 g/mol. The molecular formula is C13H11BrClF2NO2. The molecule has 1 saturated carbocycles. The van der Waals surface area contributed by atoms with Crippen LogP contribution in [0.2, 0.25) is 5.02 Å². The van der Waals surface area contributed by atoms with Gasteiger partial charge in [0.05, 0.1) is 15.0 Å². The second-order valence-corrected chi connectivity index (χ2v) is 6.73. The topological polar surface area (TPSA) is 39.1 Å². The molecule has 108 valence electrons. The Morgan fingerprint density at radius 1 is 1.45 bits per heavy atom. The molecule has 1 fully saturated rings. The predicted octanol–water partition coefficient (Wildman–Crippen LogP) is 3.61. The first kappa shape index (κ1) is 14.2. The Labute approximate surface area is 127 Å². The highest BCUT2D eigenvalue weighted by Crippen LogP contribution is 2.59. The summed E-state index contributed by atoms with van der Waals surface area (Å²) < 4.78 is 28.2. The number of alkyl halides is 2. The van der Waals surface area contributed by atoms with Crippen molar-refractivity contribution in [2.45, 2.75) is 37.6 Å². The van der Waals surface area contributed by atoms with Gasteiger partial charge in [-0.25, -0.2) is 8.78 Å². The fraction of sp³-hybridized carbons (Fsp3) is 0.538. The lowest BCUT2D eigenvalue weighted by Gasteiger charge is -2.48. The van der Waals surface area contributed by atoms with Crippen LogP contribution in [0.1, 0.15) is 36.7 Å². The highest BCUT2D eigenvalue weighted by molar-refractivity contribution is 9.10. The summed E-state index contributed by atoms with van der Waals surface area (Å²) in [7, 11) is 0. The van der Waals surface area contributed by atoms with Gasteiger partial charge in [-0.15, -0.1) is 0 Å². The smallest absolute Gasteiger partial charge is 0.266 e. The fourth-order valence-corrected chi connectivity index (χ4v) is 4.41. The van der Waals surface area contributed by atoms with Crippen molar-refractivity contribution in [3.05, 3.63) is 31.6 Å². The first-order valence-electron chi connectivity index (χ1n) is 6.27. The summed E-state index contributed by atoms with van der Waals surface area (Å²) in [4.78, 5) is 24.7. The lowest BCUT2D eigenvalue weighted by atomic mass is 9.65. The largest absolute Gasteiger partial charge is 0.296 e. The third kappa shape index (κ3) is 1.61. The molecule has 0 radical (unpaired) electrons. The lowest BCUT2D eigenvalue weighted by Crippen LogP contribution is -2.58. The first-order chi connectivity index (χ1) is 9.23. The van der Waals surface area contributed by atoms with Crippen molar-refractivity contribution in [1.29, 1.82) is 0 Å². The highest BCUT2D eigenvalue weighted by Gasteiger charge is 2.66. The minimum absolute atomic E-state index is 0.0715. The minimum atomic E-state index is -2.83. The number of aromatic nitrogens is 1. The van der Waals surface area contributed by atoms with Gasteiger partial charge in [0.1, 0.15) is 5.69 Å². The van der Waals surface area contributed by atoms with E-state index >= 15 is 0 Å².